The van der Waals surface area contributed by atoms with Crippen molar-refractivity contribution in [1.29, 1.82) is 0 Å². The van der Waals surface area contributed by atoms with Crippen molar-refractivity contribution in [2.75, 3.05) is 19.6 Å². The summed E-state index contributed by atoms with van der Waals surface area (Å²) in [7, 11) is 0. The van der Waals surface area contributed by atoms with Gasteiger partial charge >= 0.3 is 0 Å². The summed E-state index contributed by atoms with van der Waals surface area (Å²) in [4.78, 5) is 36.4. The first kappa shape index (κ1) is 9.18. The minimum Gasteiger partial charge on any atom is -0.342 e. The molecule has 0 aliphatic carbocycles. The highest BCUT2D eigenvalue weighted by molar-refractivity contribution is 6.06. The number of hydrogen-bond donors (Lipinski definition) is 0. The van der Waals surface area contributed by atoms with Gasteiger partial charge in [0.2, 0.25) is 17.7 Å². The molecule has 2 saturated heterocycles. The Bertz CT molecular complexity index is 296. The van der Waals surface area contributed by atoms with Crippen molar-refractivity contribution in [3.63, 3.8) is 0 Å². The highest BCUT2D eigenvalue weighted by atomic mass is 16.2. The lowest BCUT2D eigenvalue weighted by Crippen LogP contribution is -2.50. The molecule has 5 nitrogen and oxygen atoms in total. The molecule has 14 heavy (non-hydrogen) atoms. The van der Waals surface area contributed by atoms with Gasteiger partial charge in [-0.25, -0.2) is 0 Å². The first-order valence-electron chi connectivity index (χ1n) is 4.79. The van der Waals surface area contributed by atoms with E-state index in [0.717, 1.165) is 24.4 Å². The molecule has 0 spiro atoms. The summed E-state index contributed by atoms with van der Waals surface area (Å²) in [6.07, 6.45) is 1.30. The summed E-state index contributed by atoms with van der Waals surface area (Å²) >= 11 is 0. The first-order valence-corrected chi connectivity index (χ1v) is 4.79. The molecule has 0 aromatic heterocycles. The van der Waals surface area contributed by atoms with Crippen molar-refractivity contribution < 1.29 is 14.4 Å². The second kappa shape index (κ2) is 3.40. The minimum absolute atomic E-state index is 0.147. The summed E-state index contributed by atoms with van der Waals surface area (Å²) in [6.45, 7) is 1.98. The molecule has 0 N–H and O–H groups in total. The maximum Gasteiger partial charge on any atom is 0.238 e. The van der Waals surface area contributed by atoms with Crippen molar-refractivity contribution in [1.82, 2.24) is 9.80 Å². The van der Waals surface area contributed by atoms with E-state index in [-0.39, 0.29) is 24.1 Å². The smallest absolute Gasteiger partial charge is 0.238 e. The molecule has 0 aromatic carbocycles. The number of hydrogen-bond acceptors (Lipinski definition) is 3. The highest BCUT2D eigenvalue weighted by Gasteiger charge is 2.32. The second-order valence-corrected chi connectivity index (χ2v) is 3.60. The molecule has 0 atom stereocenters. The quantitative estimate of drug-likeness (QED) is 0.436. The number of rotatable bonds is 2. The molecule has 2 aliphatic heterocycles. The number of carbonyl (C=O) groups excluding carboxylic acids is 3. The van der Waals surface area contributed by atoms with Crippen molar-refractivity contribution >= 4 is 17.7 Å². The van der Waals surface area contributed by atoms with Crippen molar-refractivity contribution in [3.8, 4) is 0 Å². The predicted molar refractivity (Wildman–Crippen MR) is 47.2 cm³/mol. The molecule has 2 aliphatic rings. The van der Waals surface area contributed by atoms with E-state index in [0.29, 0.717) is 13.0 Å². The van der Waals surface area contributed by atoms with Crippen LogP contribution < -0.4 is 0 Å². The molecule has 0 saturated carbocycles. The Labute approximate surface area is 81.7 Å². The van der Waals surface area contributed by atoms with Crippen LogP contribution in [0.4, 0.5) is 0 Å². The molecule has 5 heteroatoms. The van der Waals surface area contributed by atoms with Crippen molar-refractivity contribution in [3.05, 3.63) is 0 Å². The van der Waals surface area contributed by atoms with E-state index >= 15 is 0 Å². The van der Waals surface area contributed by atoms with E-state index in [9.17, 15) is 14.4 Å². The molecule has 0 radical (unpaired) electrons. The molecule has 2 heterocycles. The van der Waals surface area contributed by atoms with Crippen LogP contribution in [-0.2, 0) is 14.4 Å². The van der Waals surface area contributed by atoms with Gasteiger partial charge in [-0.05, 0) is 6.42 Å². The van der Waals surface area contributed by atoms with Crippen LogP contribution in [0.5, 0.6) is 0 Å². The molecular weight excluding hydrogens is 184 g/mol. The summed E-state index contributed by atoms with van der Waals surface area (Å²) < 4.78 is 0. The van der Waals surface area contributed by atoms with Gasteiger partial charge < -0.3 is 4.90 Å². The van der Waals surface area contributed by atoms with Crippen LogP contribution in [0, 0.1) is 0 Å². The van der Waals surface area contributed by atoms with Gasteiger partial charge in [0.15, 0.2) is 0 Å². The van der Waals surface area contributed by atoms with Gasteiger partial charge in [0, 0.05) is 26.1 Å². The highest BCUT2D eigenvalue weighted by Crippen LogP contribution is 2.13. The summed E-state index contributed by atoms with van der Waals surface area (Å²) in [5.41, 5.74) is 0. The number of nitrogens with zero attached hydrogens (tertiary/aromatic N) is 2. The molecule has 76 valence electrons. The average Bonchev–Trinajstić information content (AvgIpc) is 1.97. The first-order chi connectivity index (χ1) is 6.68. The Morgan fingerprint density at radius 1 is 1.14 bits per heavy atom. The maximum atomic E-state index is 11.4. The molecule has 3 amide bonds. The van der Waals surface area contributed by atoms with Crippen LogP contribution in [0.15, 0.2) is 0 Å². The molecule has 2 rings (SSSR count). The predicted octanol–water partition coefficient (Wildman–Crippen LogP) is -0.632. The average molecular weight is 196 g/mol. The van der Waals surface area contributed by atoms with E-state index in [1.54, 1.807) is 4.90 Å². The maximum absolute atomic E-state index is 11.4. The van der Waals surface area contributed by atoms with Gasteiger partial charge in [0.25, 0.3) is 0 Å². The van der Waals surface area contributed by atoms with Gasteiger partial charge in [-0.1, -0.05) is 0 Å². The van der Waals surface area contributed by atoms with Crippen LogP contribution in [0.1, 0.15) is 19.3 Å². The lowest BCUT2D eigenvalue weighted by molar-refractivity contribution is -0.154. The fourth-order valence-corrected chi connectivity index (χ4v) is 1.48. The molecule has 0 unspecified atom stereocenters. The van der Waals surface area contributed by atoms with Crippen molar-refractivity contribution in [2.24, 2.45) is 0 Å². The molecule has 0 aromatic rings. The SMILES string of the molecule is O=C(CC(=O)N1CCC1=O)N1CCC1. The lowest BCUT2D eigenvalue weighted by atomic mass is 10.1. The molecule has 0 bridgehead atoms. The van der Waals surface area contributed by atoms with Crippen LogP contribution in [0.25, 0.3) is 0 Å². The monoisotopic (exact) mass is 196 g/mol. The molecular formula is C9H12N2O3. The third-order valence-corrected chi connectivity index (χ3v) is 2.66. The Hall–Kier alpha value is -1.39. The van der Waals surface area contributed by atoms with E-state index in [2.05, 4.69) is 0 Å². The largest absolute Gasteiger partial charge is 0.342 e. The normalized spacial score (nSPS) is 20.1. The second-order valence-electron chi connectivity index (χ2n) is 3.60. The van der Waals surface area contributed by atoms with Crippen LogP contribution in [0.3, 0.4) is 0 Å². The lowest BCUT2D eigenvalue weighted by Gasteiger charge is -2.33. The summed E-state index contributed by atoms with van der Waals surface area (Å²) in [5, 5.41) is 0. The number of carbonyl (C=O) groups is 3. The third kappa shape index (κ3) is 1.49. The molecule has 2 fully saturated rings. The zero-order valence-electron chi connectivity index (χ0n) is 7.86. The minimum atomic E-state index is -0.349. The Balaban J connectivity index is 1.81. The van der Waals surface area contributed by atoms with Crippen LogP contribution >= 0.6 is 0 Å². The van der Waals surface area contributed by atoms with E-state index in [1.165, 1.54) is 0 Å². The van der Waals surface area contributed by atoms with E-state index in [1.807, 2.05) is 0 Å². The van der Waals surface area contributed by atoms with Crippen LogP contribution in [0.2, 0.25) is 0 Å². The summed E-state index contributed by atoms with van der Waals surface area (Å²) in [5.74, 6) is -0.662. The van der Waals surface area contributed by atoms with E-state index in [4.69, 9.17) is 0 Å². The topological polar surface area (TPSA) is 57.7 Å². The van der Waals surface area contributed by atoms with Gasteiger partial charge in [0.05, 0.1) is 0 Å². The van der Waals surface area contributed by atoms with Gasteiger partial charge in [0.1, 0.15) is 6.42 Å². The van der Waals surface area contributed by atoms with Gasteiger partial charge in [-0.15, -0.1) is 0 Å². The van der Waals surface area contributed by atoms with E-state index < -0.39 is 0 Å². The zero-order valence-corrected chi connectivity index (χ0v) is 7.86. The number of amides is 3. The van der Waals surface area contributed by atoms with Gasteiger partial charge in [-0.2, -0.15) is 0 Å². The Kier molecular flexibility index (Phi) is 2.23. The van der Waals surface area contributed by atoms with Crippen molar-refractivity contribution in [2.45, 2.75) is 19.3 Å². The zero-order chi connectivity index (χ0) is 10.1. The standard InChI is InChI=1S/C9H12N2O3/c12-7-2-5-11(7)9(14)6-8(13)10-3-1-4-10/h1-6H2. The Morgan fingerprint density at radius 3 is 2.21 bits per heavy atom. The number of imide groups is 1. The number of likely N-dealkylation sites (tertiary alicyclic amines) is 2. The van der Waals surface area contributed by atoms with Gasteiger partial charge in [-0.3, -0.25) is 19.3 Å². The fourth-order valence-electron chi connectivity index (χ4n) is 1.48. The number of β-lactam (4-membered cyclic amide) rings is 1. The summed E-state index contributed by atoms with van der Waals surface area (Å²) in [6, 6.07) is 0. The van der Waals surface area contributed by atoms with Crippen LogP contribution in [-0.4, -0.2) is 47.2 Å². The fraction of sp³-hybridized carbons (Fsp3) is 0.667. The Morgan fingerprint density at radius 2 is 1.86 bits per heavy atom. The third-order valence-electron chi connectivity index (χ3n) is 2.66.